The van der Waals surface area contributed by atoms with E-state index < -0.39 is 8.56 Å². The van der Waals surface area contributed by atoms with Crippen LogP contribution in [0, 0.1) is 0 Å². The van der Waals surface area contributed by atoms with Crippen molar-refractivity contribution in [1.82, 2.24) is 0 Å². The molecule has 0 bridgehead atoms. The zero-order valence-electron chi connectivity index (χ0n) is 14.2. The number of hydrogen-bond acceptors (Lipinski definition) is 2. The summed E-state index contributed by atoms with van der Waals surface area (Å²) in [6.45, 7) is 14.3. The third-order valence-corrected chi connectivity index (χ3v) is 8.82. The van der Waals surface area contributed by atoms with Crippen molar-refractivity contribution in [3.63, 3.8) is 0 Å². The van der Waals surface area contributed by atoms with Crippen LogP contribution in [0.4, 0.5) is 0 Å². The lowest BCUT2D eigenvalue weighted by Gasteiger charge is -2.39. The Morgan fingerprint density at radius 3 is 1.43 bits per heavy atom. The molecule has 116 valence electrons. The molecule has 0 amide bonds. The molecule has 0 saturated carbocycles. The minimum Gasteiger partial charge on any atom is -0.393 e. The Labute approximate surface area is 130 Å². The van der Waals surface area contributed by atoms with Gasteiger partial charge in [0.25, 0.3) is 0 Å². The average molecular weight is 305 g/mol. The van der Waals surface area contributed by atoms with Crippen LogP contribution in [0.15, 0.2) is 46.6 Å². The van der Waals surface area contributed by atoms with Gasteiger partial charge in [-0.1, -0.05) is 46.6 Å². The van der Waals surface area contributed by atoms with Gasteiger partial charge in [-0.3, -0.25) is 0 Å². The molecule has 3 heteroatoms. The summed E-state index contributed by atoms with van der Waals surface area (Å²) in [6.07, 6.45) is 9.24. The molecular weight excluding hydrogens is 276 g/mol. The van der Waals surface area contributed by atoms with E-state index in [0.717, 1.165) is 0 Å². The van der Waals surface area contributed by atoms with Crippen molar-refractivity contribution in [3.8, 4) is 0 Å². The monoisotopic (exact) mass is 304 g/mol. The van der Waals surface area contributed by atoms with Gasteiger partial charge in [0.15, 0.2) is 0 Å². The fourth-order valence-electron chi connectivity index (χ4n) is 3.70. The van der Waals surface area contributed by atoms with Gasteiger partial charge in [-0.15, -0.1) is 0 Å². The average Bonchev–Trinajstić information content (AvgIpc) is 2.91. The predicted octanol–water partition coefficient (Wildman–Crippen LogP) is 5.05. The maximum Gasteiger partial charge on any atom is 0.360 e. The van der Waals surface area contributed by atoms with Gasteiger partial charge < -0.3 is 8.85 Å². The molecule has 2 aliphatic rings. The molecule has 0 fully saturated rings. The minimum absolute atomic E-state index is 0.313. The Morgan fingerprint density at radius 1 is 0.810 bits per heavy atom. The molecule has 2 atom stereocenters. The largest absolute Gasteiger partial charge is 0.393 e. The summed E-state index contributed by atoms with van der Waals surface area (Å²) in [7, 11) is -2.43. The van der Waals surface area contributed by atoms with Crippen LogP contribution in [0.1, 0.15) is 41.5 Å². The van der Waals surface area contributed by atoms with Crippen LogP contribution < -0.4 is 0 Å². The standard InChI is InChI=1S/C18H28O2Si/c1-7-19-21(20-8-2,17-11-13(3)9-15(17)5)18-12-14(4)10-16(18)6/h9-12,17-18H,7-8H2,1-6H3. The first kappa shape index (κ1) is 16.5. The van der Waals surface area contributed by atoms with Crippen molar-refractivity contribution < 1.29 is 8.85 Å². The van der Waals surface area contributed by atoms with Crippen molar-refractivity contribution in [2.24, 2.45) is 0 Å². The third kappa shape index (κ3) is 3.01. The highest BCUT2D eigenvalue weighted by atomic mass is 28.4. The van der Waals surface area contributed by atoms with E-state index in [9.17, 15) is 0 Å². The third-order valence-electron chi connectivity index (χ3n) is 4.36. The van der Waals surface area contributed by atoms with Gasteiger partial charge in [-0.05, 0) is 41.5 Å². The van der Waals surface area contributed by atoms with Crippen LogP contribution in [-0.4, -0.2) is 21.8 Å². The number of hydrogen-bond donors (Lipinski definition) is 0. The normalized spacial score (nSPS) is 25.6. The zero-order chi connectivity index (χ0) is 15.6. The summed E-state index contributed by atoms with van der Waals surface area (Å²) < 4.78 is 12.8. The van der Waals surface area contributed by atoms with Gasteiger partial charge in [0.2, 0.25) is 0 Å². The van der Waals surface area contributed by atoms with Crippen molar-refractivity contribution >= 4 is 8.56 Å². The van der Waals surface area contributed by atoms with Crippen LogP contribution >= 0.6 is 0 Å². The van der Waals surface area contributed by atoms with E-state index in [2.05, 4.69) is 65.8 Å². The van der Waals surface area contributed by atoms with Gasteiger partial charge in [0.05, 0.1) is 0 Å². The van der Waals surface area contributed by atoms with Gasteiger partial charge in [-0.25, -0.2) is 0 Å². The second-order valence-electron chi connectivity index (χ2n) is 6.14. The quantitative estimate of drug-likeness (QED) is 0.639. The highest BCUT2D eigenvalue weighted by Crippen LogP contribution is 2.49. The summed E-state index contributed by atoms with van der Waals surface area (Å²) in [4.78, 5) is 0. The van der Waals surface area contributed by atoms with Crippen LogP contribution in [-0.2, 0) is 8.85 Å². The summed E-state index contributed by atoms with van der Waals surface area (Å²) in [6, 6.07) is 0. The second-order valence-corrected chi connectivity index (χ2v) is 9.41. The molecule has 0 heterocycles. The lowest BCUT2D eigenvalue weighted by Crippen LogP contribution is -2.50. The highest BCUT2D eigenvalue weighted by Gasteiger charge is 2.53. The molecule has 2 unspecified atom stereocenters. The molecule has 0 N–H and O–H groups in total. The highest BCUT2D eigenvalue weighted by molar-refractivity contribution is 6.73. The predicted molar refractivity (Wildman–Crippen MR) is 91.5 cm³/mol. The maximum atomic E-state index is 6.42. The van der Waals surface area contributed by atoms with Gasteiger partial charge >= 0.3 is 8.56 Å². The van der Waals surface area contributed by atoms with E-state index in [1.807, 2.05) is 0 Å². The molecule has 0 saturated heterocycles. The topological polar surface area (TPSA) is 18.5 Å². The zero-order valence-corrected chi connectivity index (χ0v) is 15.2. The van der Waals surface area contributed by atoms with E-state index >= 15 is 0 Å². The molecule has 0 radical (unpaired) electrons. The molecule has 2 aliphatic carbocycles. The summed E-state index contributed by atoms with van der Waals surface area (Å²) in [5.74, 6) is 0. The Morgan fingerprint density at radius 2 is 1.19 bits per heavy atom. The fourth-order valence-corrected chi connectivity index (χ4v) is 8.21. The van der Waals surface area contributed by atoms with E-state index in [1.165, 1.54) is 22.3 Å². The Hall–Kier alpha value is -0.903. The smallest absolute Gasteiger partial charge is 0.360 e. The lowest BCUT2D eigenvalue weighted by molar-refractivity contribution is 0.176. The molecule has 0 spiro atoms. The first-order valence-corrected chi connectivity index (χ1v) is 9.92. The minimum atomic E-state index is -2.43. The molecule has 0 aromatic heterocycles. The van der Waals surface area contributed by atoms with Gasteiger partial charge in [-0.2, -0.15) is 0 Å². The van der Waals surface area contributed by atoms with Crippen LogP contribution in [0.3, 0.4) is 0 Å². The SMILES string of the molecule is CCO[Si](OCC)(C1C=C(C)C=C1C)C1C=C(C)C=C1C. The molecule has 0 aliphatic heterocycles. The molecule has 0 aromatic rings. The van der Waals surface area contributed by atoms with Gasteiger partial charge in [0, 0.05) is 24.3 Å². The van der Waals surface area contributed by atoms with E-state index in [1.54, 1.807) is 0 Å². The molecule has 2 nitrogen and oxygen atoms in total. The van der Waals surface area contributed by atoms with Crippen molar-refractivity contribution in [3.05, 3.63) is 46.6 Å². The van der Waals surface area contributed by atoms with Crippen molar-refractivity contribution in [1.29, 1.82) is 0 Å². The number of allylic oxidation sites excluding steroid dienone is 8. The summed E-state index contributed by atoms with van der Waals surface area (Å²) >= 11 is 0. The fraction of sp³-hybridized carbons (Fsp3) is 0.556. The first-order valence-electron chi connectivity index (χ1n) is 7.95. The van der Waals surface area contributed by atoms with E-state index in [0.29, 0.717) is 24.3 Å². The van der Waals surface area contributed by atoms with Crippen molar-refractivity contribution in [2.75, 3.05) is 13.2 Å². The van der Waals surface area contributed by atoms with Crippen LogP contribution in [0.25, 0.3) is 0 Å². The first-order chi connectivity index (χ1) is 9.94. The second kappa shape index (κ2) is 6.47. The molecule has 0 aromatic carbocycles. The lowest BCUT2D eigenvalue weighted by atomic mass is 10.2. The van der Waals surface area contributed by atoms with E-state index in [-0.39, 0.29) is 0 Å². The molecule has 21 heavy (non-hydrogen) atoms. The summed E-state index contributed by atoms with van der Waals surface area (Å²) in [5.41, 5.74) is 6.04. The Kier molecular flexibility index (Phi) is 5.07. The Bertz CT molecular complexity index is 477. The number of rotatable bonds is 6. The summed E-state index contributed by atoms with van der Waals surface area (Å²) in [5, 5.41) is 0. The van der Waals surface area contributed by atoms with Gasteiger partial charge in [0.1, 0.15) is 0 Å². The van der Waals surface area contributed by atoms with Crippen molar-refractivity contribution in [2.45, 2.75) is 52.6 Å². The molecule has 2 rings (SSSR count). The maximum absolute atomic E-state index is 6.42. The van der Waals surface area contributed by atoms with E-state index in [4.69, 9.17) is 8.85 Å². The van der Waals surface area contributed by atoms with Crippen LogP contribution in [0.5, 0.6) is 0 Å². The Balaban J connectivity index is 2.49. The van der Waals surface area contributed by atoms with Crippen LogP contribution in [0.2, 0.25) is 11.1 Å². The molecular formula is C18H28O2Si.